The van der Waals surface area contributed by atoms with Crippen LogP contribution in [0.4, 0.5) is 5.69 Å². The first-order valence-corrected chi connectivity index (χ1v) is 16.3. The molecule has 0 bridgehead atoms. The van der Waals surface area contributed by atoms with Gasteiger partial charge in [-0.3, -0.25) is 0 Å². The summed E-state index contributed by atoms with van der Waals surface area (Å²) in [5.74, 6) is 2.15. The highest BCUT2D eigenvalue weighted by molar-refractivity contribution is 5.78. The Morgan fingerprint density at radius 1 is 0.651 bits per heavy atom. The lowest BCUT2D eigenvalue weighted by Crippen LogP contribution is -2.26. The molecule has 4 N–H and O–H groups in total. The Kier molecular flexibility index (Phi) is 6.57. The topological polar surface area (TPSA) is 84.7 Å². The van der Waals surface area contributed by atoms with Crippen molar-refractivity contribution in [1.29, 1.82) is 0 Å². The second-order valence-corrected chi connectivity index (χ2v) is 13.9. The van der Waals surface area contributed by atoms with Gasteiger partial charge in [0.25, 0.3) is 0 Å². The number of fused-ring (bicyclic) bond motifs is 2. The molecule has 5 aromatic rings. The largest absolute Gasteiger partial charge is 0.357 e. The Labute approximate surface area is 253 Å². The second-order valence-electron chi connectivity index (χ2n) is 13.9. The van der Waals surface area contributed by atoms with Gasteiger partial charge in [-0.1, -0.05) is 45.0 Å². The monoisotopic (exact) mass is 573 g/mol. The summed E-state index contributed by atoms with van der Waals surface area (Å²) in [5, 5.41) is 7.18. The standard InChI is InChI=1S/C36H43N7/c1-36(2,3)24-10-12-25(13-11-24)43-32(22-8-14-26-30(20-22)41-34(39-26)28-6-4-18-37-28)16-17-33(43)23-9-15-27-31(21-23)42-35(40-27)29-7-5-19-38-29/h8-15,20-21,28-29,32-33,37-38H,4-7,16-19H2,1-3H3,(H,39,41)(H,40,42)/t28-,29-,32-,33+/m0/s1. The fourth-order valence-corrected chi connectivity index (χ4v) is 7.63. The molecule has 222 valence electrons. The van der Waals surface area contributed by atoms with Gasteiger partial charge in [0.2, 0.25) is 0 Å². The summed E-state index contributed by atoms with van der Waals surface area (Å²) in [6.45, 7) is 9.00. The van der Waals surface area contributed by atoms with Gasteiger partial charge in [0.15, 0.2) is 0 Å². The number of rotatable bonds is 5. The average Bonchev–Trinajstić information content (AvgIpc) is 3.84. The maximum Gasteiger partial charge on any atom is 0.124 e. The highest BCUT2D eigenvalue weighted by atomic mass is 15.2. The van der Waals surface area contributed by atoms with Gasteiger partial charge in [-0.05, 0) is 110 Å². The Morgan fingerprint density at radius 3 is 1.60 bits per heavy atom. The molecule has 3 aliphatic rings. The Morgan fingerprint density at radius 2 is 1.16 bits per heavy atom. The van der Waals surface area contributed by atoms with Gasteiger partial charge in [0.05, 0.1) is 46.2 Å². The maximum atomic E-state index is 4.95. The number of imidazole rings is 2. The number of benzene rings is 3. The molecule has 5 heterocycles. The summed E-state index contributed by atoms with van der Waals surface area (Å²) in [4.78, 5) is 19.9. The van der Waals surface area contributed by atoms with Gasteiger partial charge in [-0.25, -0.2) is 9.97 Å². The van der Waals surface area contributed by atoms with Crippen molar-refractivity contribution in [3.05, 3.63) is 89.0 Å². The fraction of sp³-hybridized carbons (Fsp3) is 0.444. The summed E-state index contributed by atoms with van der Waals surface area (Å²) < 4.78 is 0. The molecule has 7 heteroatoms. The van der Waals surface area contributed by atoms with Crippen LogP contribution in [0.5, 0.6) is 0 Å². The van der Waals surface area contributed by atoms with Gasteiger partial charge < -0.3 is 25.5 Å². The first-order valence-electron chi connectivity index (χ1n) is 16.3. The lowest BCUT2D eigenvalue weighted by molar-refractivity contribution is 0.589. The third-order valence-corrected chi connectivity index (χ3v) is 10.0. The van der Waals surface area contributed by atoms with E-state index >= 15 is 0 Å². The van der Waals surface area contributed by atoms with Gasteiger partial charge in [-0.15, -0.1) is 0 Å². The molecule has 8 rings (SSSR count). The van der Waals surface area contributed by atoms with Crippen LogP contribution in [0.25, 0.3) is 22.1 Å². The lowest BCUT2D eigenvalue weighted by atomic mass is 9.87. The molecular formula is C36H43N7. The van der Waals surface area contributed by atoms with Crippen LogP contribution in [-0.2, 0) is 5.41 Å². The molecule has 7 nitrogen and oxygen atoms in total. The van der Waals surface area contributed by atoms with Gasteiger partial charge in [0.1, 0.15) is 11.6 Å². The molecule has 0 unspecified atom stereocenters. The first kappa shape index (κ1) is 26.9. The normalized spacial score (nSPS) is 24.6. The molecule has 43 heavy (non-hydrogen) atoms. The molecule has 0 radical (unpaired) electrons. The number of nitrogens with one attached hydrogen (secondary N) is 4. The van der Waals surface area contributed by atoms with E-state index in [9.17, 15) is 0 Å². The van der Waals surface area contributed by atoms with Crippen molar-refractivity contribution >= 4 is 27.8 Å². The molecule has 0 spiro atoms. The Hall–Kier alpha value is -3.68. The molecule has 3 saturated heterocycles. The van der Waals surface area contributed by atoms with Crippen molar-refractivity contribution < 1.29 is 0 Å². The molecule has 3 fully saturated rings. The second kappa shape index (κ2) is 10.5. The minimum absolute atomic E-state index is 0.122. The number of hydrogen-bond acceptors (Lipinski definition) is 5. The van der Waals surface area contributed by atoms with Crippen molar-refractivity contribution in [1.82, 2.24) is 30.6 Å². The number of H-pyrrole nitrogens is 2. The van der Waals surface area contributed by atoms with Gasteiger partial charge in [0, 0.05) is 5.69 Å². The molecule has 0 aliphatic carbocycles. The van der Waals surface area contributed by atoms with E-state index in [1.807, 2.05) is 0 Å². The van der Waals surface area contributed by atoms with E-state index < -0.39 is 0 Å². The molecule has 0 saturated carbocycles. The van der Waals surface area contributed by atoms with E-state index in [1.54, 1.807) is 0 Å². The van der Waals surface area contributed by atoms with Crippen molar-refractivity contribution in [2.24, 2.45) is 0 Å². The lowest BCUT2D eigenvalue weighted by Gasteiger charge is -2.34. The van der Waals surface area contributed by atoms with E-state index in [2.05, 4.69) is 107 Å². The van der Waals surface area contributed by atoms with Crippen LogP contribution in [0.2, 0.25) is 0 Å². The molecule has 0 amide bonds. The number of aromatic amines is 2. The predicted molar refractivity (Wildman–Crippen MR) is 174 cm³/mol. The number of nitrogens with zero attached hydrogens (tertiary/aromatic N) is 3. The number of anilines is 1. The molecule has 3 aromatic carbocycles. The van der Waals surface area contributed by atoms with Gasteiger partial charge in [-0.2, -0.15) is 0 Å². The average molecular weight is 574 g/mol. The minimum atomic E-state index is 0.122. The zero-order valence-electron chi connectivity index (χ0n) is 25.6. The van der Waals surface area contributed by atoms with E-state index in [0.717, 1.165) is 72.5 Å². The zero-order chi connectivity index (χ0) is 29.1. The predicted octanol–water partition coefficient (Wildman–Crippen LogP) is 7.67. The van der Waals surface area contributed by atoms with Crippen LogP contribution < -0.4 is 15.5 Å². The van der Waals surface area contributed by atoms with Crippen molar-refractivity contribution in [3.8, 4) is 0 Å². The molecular weight excluding hydrogens is 530 g/mol. The molecule has 3 aliphatic heterocycles. The van der Waals surface area contributed by atoms with Gasteiger partial charge >= 0.3 is 0 Å². The van der Waals surface area contributed by atoms with E-state index in [-0.39, 0.29) is 17.5 Å². The van der Waals surface area contributed by atoms with Crippen molar-refractivity contribution in [2.75, 3.05) is 18.0 Å². The van der Waals surface area contributed by atoms with Crippen LogP contribution in [0.1, 0.15) is 112 Å². The summed E-state index contributed by atoms with van der Waals surface area (Å²) >= 11 is 0. The van der Waals surface area contributed by atoms with Crippen LogP contribution in [0.3, 0.4) is 0 Å². The van der Waals surface area contributed by atoms with Crippen LogP contribution >= 0.6 is 0 Å². The van der Waals surface area contributed by atoms with Crippen LogP contribution in [-0.4, -0.2) is 33.0 Å². The van der Waals surface area contributed by atoms with E-state index in [1.165, 1.54) is 35.2 Å². The summed E-state index contributed by atoms with van der Waals surface area (Å²) in [6, 6.07) is 24.3. The SMILES string of the molecule is CC(C)(C)c1ccc(N2[C@@H](c3ccc4nc([C@@H]5CCCN5)[nH]c4c3)CC[C@H]2c2ccc3nc([C@@H]4CCCN4)[nH]c3c2)cc1. The Balaban J connectivity index is 1.16. The first-order chi connectivity index (χ1) is 20.9. The smallest absolute Gasteiger partial charge is 0.124 e. The summed E-state index contributed by atoms with van der Waals surface area (Å²) in [6.07, 6.45) is 6.91. The van der Waals surface area contributed by atoms with E-state index in [0.29, 0.717) is 12.1 Å². The van der Waals surface area contributed by atoms with E-state index in [4.69, 9.17) is 9.97 Å². The van der Waals surface area contributed by atoms with Crippen molar-refractivity contribution in [3.63, 3.8) is 0 Å². The third-order valence-electron chi connectivity index (χ3n) is 10.0. The van der Waals surface area contributed by atoms with Crippen LogP contribution in [0.15, 0.2) is 60.7 Å². The third kappa shape index (κ3) is 4.92. The number of hydrogen-bond donors (Lipinski definition) is 4. The number of aromatic nitrogens is 4. The summed E-state index contributed by atoms with van der Waals surface area (Å²) in [5.41, 5.74) is 9.85. The zero-order valence-corrected chi connectivity index (χ0v) is 25.6. The highest BCUT2D eigenvalue weighted by Crippen LogP contribution is 2.48. The quantitative estimate of drug-likeness (QED) is 0.173. The van der Waals surface area contributed by atoms with Crippen molar-refractivity contribution in [2.45, 2.75) is 88.9 Å². The van der Waals surface area contributed by atoms with Crippen LogP contribution in [0, 0.1) is 0 Å². The minimum Gasteiger partial charge on any atom is -0.357 e. The molecule has 2 aromatic heterocycles. The summed E-state index contributed by atoms with van der Waals surface area (Å²) in [7, 11) is 0. The Bertz CT molecular complexity index is 1640. The highest BCUT2D eigenvalue weighted by Gasteiger charge is 2.36. The molecule has 4 atom stereocenters. The fourth-order valence-electron chi connectivity index (χ4n) is 7.63. The maximum absolute atomic E-state index is 4.95.